The lowest BCUT2D eigenvalue weighted by Crippen LogP contribution is -2.60. The van der Waals surface area contributed by atoms with E-state index in [2.05, 4.69) is 28.6 Å². The van der Waals surface area contributed by atoms with E-state index < -0.39 is 66.4 Å². The van der Waals surface area contributed by atoms with Crippen LogP contribution in [0.1, 0.15) is 32.6 Å². The fraction of sp³-hybridized carbons (Fsp3) is 0.706. The maximum atomic E-state index is 12.7. The molecule has 14 heteroatoms. The van der Waals surface area contributed by atoms with Gasteiger partial charge in [-0.05, 0) is 32.7 Å². The Bertz CT molecular complexity index is 648. The second kappa shape index (κ2) is 14.6. The fourth-order valence-corrected chi connectivity index (χ4v) is 2.67. The molecule has 0 saturated carbocycles. The van der Waals surface area contributed by atoms with Crippen molar-refractivity contribution in [2.24, 2.45) is 11.5 Å². The molecule has 31 heavy (non-hydrogen) atoms. The maximum Gasteiger partial charge on any atom is 0.327 e. The van der Waals surface area contributed by atoms with Gasteiger partial charge in [-0.25, -0.2) is 4.79 Å². The van der Waals surface area contributed by atoms with Crippen molar-refractivity contribution in [1.82, 2.24) is 16.0 Å². The first kappa shape index (κ1) is 28.6. The van der Waals surface area contributed by atoms with Crippen LogP contribution in [0.2, 0.25) is 0 Å². The van der Waals surface area contributed by atoms with Gasteiger partial charge in [-0.1, -0.05) is 0 Å². The van der Waals surface area contributed by atoms with Crippen molar-refractivity contribution in [3.8, 4) is 0 Å². The fourth-order valence-electron chi connectivity index (χ4n) is 2.43. The van der Waals surface area contributed by atoms with Crippen LogP contribution in [0.4, 0.5) is 0 Å². The van der Waals surface area contributed by atoms with Crippen molar-refractivity contribution in [3.63, 3.8) is 0 Å². The highest BCUT2D eigenvalue weighted by atomic mass is 32.1. The lowest BCUT2D eigenvalue weighted by Gasteiger charge is -2.26. The van der Waals surface area contributed by atoms with Crippen LogP contribution in [0.15, 0.2) is 0 Å². The molecule has 5 atom stereocenters. The number of carboxylic acids is 2. The molecule has 0 aliphatic carbocycles. The van der Waals surface area contributed by atoms with Gasteiger partial charge >= 0.3 is 11.9 Å². The summed E-state index contributed by atoms with van der Waals surface area (Å²) in [5, 5.41) is 34.4. The number of nitrogens with one attached hydrogen (secondary N) is 3. The number of unbranched alkanes of at least 4 members (excludes halogenated alkanes) is 1. The topological polar surface area (TPSA) is 234 Å². The summed E-state index contributed by atoms with van der Waals surface area (Å²) in [7, 11) is 0. The highest BCUT2D eigenvalue weighted by molar-refractivity contribution is 7.80. The minimum absolute atomic E-state index is 0.108. The van der Waals surface area contributed by atoms with Gasteiger partial charge in [0, 0.05) is 5.75 Å². The largest absolute Gasteiger partial charge is 0.481 e. The summed E-state index contributed by atoms with van der Waals surface area (Å²) < 4.78 is 0. The lowest BCUT2D eigenvalue weighted by atomic mass is 10.1. The van der Waals surface area contributed by atoms with E-state index in [-0.39, 0.29) is 12.2 Å². The van der Waals surface area contributed by atoms with E-state index in [1.165, 1.54) is 6.92 Å². The number of amides is 3. The number of thiol groups is 1. The molecule has 0 aromatic carbocycles. The molecule has 10 N–H and O–H groups in total. The Balaban J connectivity index is 5.35. The Morgan fingerprint density at radius 1 is 0.935 bits per heavy atom. The highest BCUT2D eigenvalue weighted by Gasteiger charge is 2.32. The van der Waals surface area contributed by atoms with Crippen LogP contribution in [0.25, 0.3) is 0 Å². The third-order valence-corrected chi connectivity index (χ3v) is 4.54. The van der Waals surface area contributed by atoms with Crippen molar-refractivity contribution in [2.75, 3.05) is 12.3 Å². The van der Waals surface area contributed by atoms with Crippen LogP contribution in [0, 0.1) is 0 Å². The summed E-state index contributed by atoms with van der Waals surface area (Å²) in [5.74, 6) is -5.55. The maximum absolute atomic E-state index is 12.7. The van der Waals surface area contributed by atoms with Gasteiger partial charge in [0.25, 0.3) is 0 Å². The molecule has 0 fully saturated rings. The van der Waals surface area contributed by atoms with Gasteiger partial charge in [-0.15, -0.1) is 0 Å². The third-order valence-electron chi connectivity index (χ3n) is 4.17. The molecule has 0 saturated heterocycles. The number of aliphatic carboxylic acids is 2. The summed E-state index contributed by atoms with van der Waals surface area (Å²) >= 11 is 3.82. The molecule has 13 nitrogen and oxygen atoms in total. The number of carbonyl (C=O) groups is 5. The molecule has 0 spiro atoms. The molecule has 0 aromatic rings. The zero-order valence-electron chi connectivity index (χ0n) is 17.1. The molecular weight excluding hydrogens is 434 g/mol. The predicted molar refractivity (Wildman–Crippen MR) is 112 cm³/mol. The van der Waals surface area contributed by atoms with Crippen LogP contribution in [-0.4, -0.2) is 87.5 Å². The number of aliphatic hydroxyl groups is 1. The molecule has 0 rings (SSSR count). The van der Waals surface area contributed by atoms with Gasteiger partial charge in [-0.2, -0.15) is 12.6 Å². The summed E-state index contributed by atoms with van der Waals surface area (Å²) in [6, 6.07) is -5.45. The van der Waals surface area contributed by atoms with Crippen molar-refractivity contribution in [1.29, 1.82) is 0 Å². The molecule has 0 heterocycles. The number of rotatable bonds is 15. The second-order valence-electron chi connectivity index (χ2n) is 6.86. The van der Waals surface area contributed by atoms with Gasteiger partial charge in [-0.3, -0.25) is 19.2 Å². The number of carbonyl (C=O) groups excluding carboxylic acids is 3. The summed E-state index contributed by atoms with van der Waals surface area (Å²) in [6.45, 7) is 1.55. The van der Waals surface area contributed by atoms with Gasteiger partial charge in [0.15, 0.2) is 0 Å². The molecule has 5 unspecified atom stereocenters. The molecule has 0 aliphatic heterocycles. The molecule has 3 amide bonds. The monoisotopic (exact) mass is 465 g/mol. The number of hydrogen-bond donors (Lipinski definition) is 9. The smallest absolute Gasteiger partial charge is 0.327 e. The van der Waals surface area contributed by atoms with E-state index in [9.17, 15) is 29.1 Å². The number of hydrogen-bond acceptors (Lipinski definition) is 9. The first-order chi connectivity index (χ1) is 14.4. The Hall–Kier alpha value is -2.42. The van der Waals surface area contributed by atoms with Gasteiger partial charge in [0.1, 0.15) is 18.1 Å². The third kappa shape index (κ3) is 11.0. The van der Waals surface area contributed by atoms with Crippen LogP contribution in [0.3, 0.4) is 0 Å². The minimum Gasteiger partial charge on any atom is -0.481 e. The van der Waals surface area contributed by atoms with Crippen LogP contribution in [-0.2, 0) is 24.0 Å². The summed E-state index contributed by atoms with van der Waals surface area (Å²) in [5.41, 5.74) is 10.9. The van der Waals surface area contributed by atoms with E-state index in [1.54, 1.807) is 0 Å². The molecule has 0 aromatic heterocycles. The molecular formula is C17H31N5O8S. The number of carboxylic acid groups (broad SMARTS) is 2. The van der Waals surface area contributed by atoms with E-state index in [4.69, 9.17) is 21.7 Å². The van der Waals surface area contributed by atoms with E-state index in [0.717, 1.165) is 0 Å². The quantitative estimate of drug-likeness (QED) is 0.0865. The molecule has 0 radical (unpaired) electrons. The van der Waals surface area contributed by atoms with Crippen molar-refractivity contribution >= 4 is 42.3 Å². The zero-order chi connectivity index (χ0) is 24.1. The zero-order valence-corrected chi connectivity index (χ0v) is 18.0. The molecule has 178 valence electrons. The lowest BCUT2D eigenvalue weighted by molar-refractivity contribution is -0.142. The Morgan fingerprint density at radius 2 is 1.52 bits per heavy atom. The Morgan fingerprint density at radius 3 is 1.97 bits per heavy atom. The number of aliphatic hydroxyl groups excluding tert-OH is 1. The van der Waals surface area contributed by atoms with Crippen molar-refractivity contribution < 1.29 is 39.3 Å². The van der Waals surface area contributed by atoms with Gasteiger partial charge in [0.2, 0.25) is 17.7 Å². The van der Waals surface area contributed by atoms with E-state index in [1.807, 2.05) is 0 Å². The van der Waals surface area contributed by atoms with Crippen LogP contribution >= 0.6 is 12.6 Å². The molecule has 0 bridgehead atoms. The van der Waals surface area contributed by atoms with E-state index >= 15 is 0 Å². The Labute approximate surface area is 184 Å². The first-order valence-electron chi connectivity index (χ1n) is 9.54. The SMILES string of the molecule is CC(O)C(NC(=O)C(CCCCN)NC(=O)C(N)CC(=O)O)C(=O)NC(CS)C(=O)O. The minimum atomic E-state index is -1.52. The highest BCUT2D eigenvalue weighted by Crippen LogP contribution is 2.05. The second-order valence-corrected chi connectivity index (χ2v) is 7.22. The Kier molecular flexibility index (Phi) is 13.4. The average Bonchev–Trinajstić information content (AvgIpc) is 2.67. The van der Waals surface area contributed by atoms with Gasteiger partial charge < -0.3 is 42.7 Å². The van der Waals surface area contributed by atoms with Crippen molar-refractivity contribution in [2.45, 2.75) is 62.9 Å². The first-order valence-corrected chi connectivity index (χ1v) is 10.2. The standard InChI is InChI=1S/C17H31N5O8S/c1-8(23)13(16(28)21-11(7-31)17(29)30)22-15(27)10(4-2-3-5-18)20-14(26)9(19)6-12(24)25/h8-11,13,23,31H,2-7,18-19H2,1H3,(H,20,26)(H,21,28)(H,22,27)(H,24,25)(H,29,30). The number of nitrogens with two attached hydrogens (primary N) is 2. The van der Waals surface area contributed by atoms with Gasteiger partial charge in [0.05, 0.1) is 18.6 Å². The summed E-state index contributed by atoms with van der Waals surface area (Å²) in [4.78, 5) is 59.0. The van der Waals surface area contributed by atoms with Crippen molar-refractivity contribution in [3.05, 3.63) is 0 Å². The summed E-state index contributed by atoms with van der Waals surface area (Å²) in [6.07, 6.45) is -0.981. The van der Waals surface area contributed by atoms with E-state index in [0.29, 0.717) is 19.4 Å². The molecule has 0 aliphatic rings. The van der Waals surface area contributed by atoms with Crippen LogP contribution < -0.4 is 27.4 Å². The average molecular weight is 466 g/mol. The normalized spacial score (nSPS) is 15.6. The van der Waals surface area contributed by atoms with Crippen LogP contribution in [0.5, 0.6) is 0 Å². The predicted octanol–water partition coefficient (Wildman–Crippen LogP) is -3.23.